The average molecular weight is 274 g/mol. The fraction of sp³-hybridized carbons (Fsp3) is 0.333. The van der Waals surface area contributed by atoms with Crippen LogP contribution in [0.1, 0.15) is 27.3 Å². The lowest BCUT2D eigenvalue weighted by Crippen LogP contribution is -2.12. The van der Waals surface area contributed by atoms with Crippen LogP contribution in [0.15, 0.2) is 24.3 Å². The van der Waals surface area contributed by atoms with Crippen LogP contribution >= 0.6 is 0 Å². The van der Waals surface area contributed by atoms with Gasteiger partial charge in [-0.2, -0.15) is 5.10 Å². The molecule has 0 bridgehead atoms. The van der Waals surface area contributed by atoms with Gasteiger partial charge in [-0.05, 0) is 38.5 Å². The van der Waals surface area contributed by atoms with Crippen molar-refractivity contribution in [3.63, 3.8) is 0 Å². The summed E-state index contributed by atoms with van der Waals surface area (Å²) in [5, 5.41) is 13.5. The summed E-state index contributed by atoms with van der Waals surface area (Å²) in [5.74, 6) is -0.596. The molecule has 0 fully saturated rings. The number of benzene rings is 1. The average Bonchev–Trinajstić information content (AvgIpc) is 2.67. The Balaban J connectivity index is 2.03. The number of carboxylic acid groups (broad SMARTS) is 1. The summed E-state index contributed by atoms with van der Waals surface area (Å²) in [6.07, 6.45) is 0. The van der Waals surface area contributed by atoms with Gasteiger partial charge in [-0.1, -0.05) is 12.1 Å². The van der Waals surface area contributed by atoms with E-state index in [2.05, 4.69) is 5.10 Å². The van der Waals surface area contributed by atoms with Gasteiger partial charge in [-0.3, -0.25) is 4.68 Å². The minimum atomic E-state index is -0.984. The topological polar surface area (TPSA) is 64.4 Å². The fourth-order valence-electron chi connectivity index (χ4n) is 2.02. The van der Waals surface area contributed by atoms with Crippen LogP contribution in [0, 0.1) is 20.8 Å². The van der Waals surface area contributed by atoms with Crippen LogP contribution in [0.4, 0.5) is 0 Å². The van der Waals surface area contributed by atoms with E-state index in [1.807, 2.05) is 25.5 Å². The number of nitrogens with zero attached hydrogens (tertiary/aromatic N) is 2. The molecule has 0 aliphatic rings. The van der Waals surface area contributed by atoms with Gasteiger partial charge >= 0.3 is 5.97 Å². The van der Waals surface area contributed by atoms with Gasteiger partial charge < -0.3 is 9.84 Å². The zero-order chi connectivity index (χ0) is 14.7. The molecule has 0 spiro atoms. The van der Waals surface area contributed by atoms with Gasteiger partial charge in [0.05, 0.1) is 12.2 Å². The predicted molar refractivity (Wildman–Crippen MR) is 75.3 cm³/mol. The van der Waals surface area contributed by atoms with Gasteiger partial charge in [0, 0.05) is 5.69 Å². The van der Waals surface area contributed by atoms with Crippen molar-refractivity contribution in [1.82, 2.24) is 9.78 Å². The van der Waals surface area contributed by atoms with E-state index in [-0.39, 0.29) is 5.56 Å². The van der Waals surface area contributed by atoms with E-state index in [1.165, 1.54) is 11.6 Å². The summed E-state index contributed by atoms with van der Waals surface area (Å²) in [4.78, 5) is 11.1. The van der Waals surface area contributed by atoms with Crippen molar-refractivity contribution in [1.29, 1.82) is 0 Å². The maximum absolute atomic E-state index is 11.1. The molecule has 2 aromatic rings. The van der Waals surface area contributed by atoms with Crippen molar-refractivity contribution >= 4 is 5.97 Å². The van der Waals surface area contributed by atoms with Crippen LogP contribution in [-0.2, 0) is 6.54 Å². The number of carbonyl (C=O) groups is 1. The summed E-state index contributed by atoms with van der Waals surface area (Å²) < 4.78 is 7.45. The molecule has 0 atom stereocenters. The van der Waals surface area contributed by atoms with E-state index < -0.39 is 5.97 Å². The third-order valence-corrected chi connectivity index (χ3v) is 3.42. The number of ether oxygens (including phenoxy) is 1. The second kappa shape index (κ2) is 5.77. The fourth-order valence-corrected chi connectivity index (χ4v) is 2.02. The summed E-state index contributed by atoms with van der Waals surface area (Å²) in [5.41, 5.74) is 3.47. The second-order valence-electron chi connectivity index (χ2n) is 4.67. The van der Waals surface area contributed by atoms with Crippen molar-refractivity contribution in [2.75, 3.05) is 6.61 Å². The van der Waals surface area contributed by atoms with Gasteiger partial charge in [-0.15, -0.1) is 0 Å². The highest BCUT2D eigenvalue weighted by Crippen LogP contribution is 2.18. The predicted octanol–water partition coefficient (Wildman–Crippen LogP) is 2.59. The smallest absolute Gasteiger partial charge is 0.339 e. The molecular formula is C15H18N2O3. The number of rotatable bonds is 5. The minimum Gasteiger partial charge on any atom is -0.491 e. The van der Waals surface area contributed by atoms with Crippen molar-refractivity contribution < 1.29 is 14.6 Å². The summed E-state index contributed by atoms with van der Waals surface area (Å²) >= 11 is 0. The molecule has 1 N–H and O–H groups in total. The molecule has 1 aromatic heterocycles. The van der Waals surface area contributed by atoms with E-state index in [4.69, 9.17) is 9.84 Å². The molecule has 5 heteroatoms. The summed E-state index contributed by atoms with van der Waals surface area (Å²) in [7, 11) is 0. The van der Waals surface area contributed by atoms with Crippen LogP contribution in [0.5, 0.6) is 5.75 Å². The van der Waals surface area contributed by atoms with Gasteiger partial charge in [0.25, 0.3) is 0 Å². The van der Waals surface area contributed by atoms with Crippen LogP contribution in [0.3, 0.4) is 0 Å². The third kappa shape index (κ3) is 2.82. The molecule has 20 heavy (non-hydrogen) atoms. The molecule has 106 valence electrons. The molecule has 0 radical (unpaired) electrons. The number of aromatic carboxylic acids is 1. The highest BCUT2D eigenvalue weighted by Gasteiger charge is 2.11. The lowest BCUT2D eigenvalue weighted by Gasteiger charge is -2.10. The number of aryl methyl sites for hydroxylation is 1. The standard InChI is InChI=1S/C15H18N2O3/c1-10-11(2)16-17(12(10)3)8-9-20-14-7-5-4-6-13(14)15(18)19/h4-7H,8-9H2,1-3H3,(H,18,19). The number of hydrogen-bond acceptors (Lipinski definition) is 3. The summed E-state index contributed by atoms with van der Waals surface area (Å²) in [6, 6.07) is 6.64. The first-order valence-corrected chi connectivity index (χ1v) is 6.46. The Morgan fingerprint density at radius 3 is 2.60 bits per heavy atom. The highest BCUT2D eigenvalue weighted by molar-refractivity contribution is 5.90. The van der Waals surface area contributed by atoms with E-state index in [0.29, 0.717) is 18.9 Å². The van der Waals surface area contributed by atoms with E-state index in [9.17, 15) is 4.79 Å². The Bertz CT molecular complexity index is 632. The first kappa shape index (κ1) is 14.1. The maximum atomic E-state index is 11.1. The third-order valence-electron chi connectivity index (χ3n) is 3.42. The molecule has 0 saturated carbocycles. The van der Waals surface area contributed by atoms with Gasteiger partial charge in [0.1, 0.15) is 17.9 Å². The van der Waals surface area contributed by atoms with E-state index >= 15 is 0 Å². The first-order valence-electron chi connectivity index (χ1n) is 6.46. The number of carboxylic acids is 1. The molecule has 0 unspecified atom stereocenters. The molecule has 0 saturated heterocycles. The monoisotopic (exact) mass is 274 g/mol. The molecule has 0 aliphatic heterocycles. The Kier molecular flexibility index (Phi) is 4.08. The molecule has 5 nitrogen and oxygen atoms in total. The second-order valence-corrected chi connectivity index (χ2v) is 4.67. The van der Waals surface area contributed by atoms with Gasteiger partial charge in [0.2, 0.25) is 0 Å². The minimum absolute atomic E-state index is 0.178. The lowest BCUT2D eigenvalue weighted by molar-refractivity contribution is 0.0692. The molecule has 1 aromatic carbocycles. The van der Waals surface area contributed by atoms with Crippen molar-refractivity contribution in [3.8, 4) is 5.75 Å². The zero-order valence-electron chi connectivity index (χ0n) is 11.9. The molecule has 0 amide bonds. The van der Waals surface area contributed by atoms with Crippen LogP contribution < -0.4 is 4.74 Å². The quantitative estimate of drug-likeness (QED) is 0.910. The van der Waals surface area contributed by atoms with E-state index in [0.717, 1.165) is 11.4 Å². The van der Waals surface area contributed by atoms with Crippen LogP contribution in [-0.4, -0.2) is 27.5 Å². The van der Waals surface area contributed by atoms with Crippen molar-refractivity contribution in [2.24, 2.45) is 0 Å². The van der Waals surface area contributed by atoms with Gasteiger partial charge in [-0.25, -0.2) is 4.79 Å². The van der Waals surface area contributed by atoms with Crippen molar-refractivity contribution in [3.05, 3.63) is 46.8 Å². The number of para-hydroxylation sites is 1. The van der Waals surface area contributed by atoms with Crippen LogP contribution in [0.25, 0.3) is 0 Å². The molecule has 2 rings (SSSR count). The molecular weight excluding hydrogens is 256 g/mol. The normalized spacial score (nSPS) is 10.6. The molecule has 1 heterocycles. The van der Waals surface area contributed by atoms with Gasteiger partial charge in [0.15, 0.2) is 0 Å². The largest absolute Gasteiger partial charge is 0.491 e. The SMILES string of the molecule is Cc1nn(CCOc2ccccc2C(=O)O)c(C)c1C. The lowest BCUT2D eigenvalue weighted by atomic mass is 10.2. The Morgan fingerprint density at radius 2 is 2.00 bits per heavy atom. The van der Waals surface area contributed by atoms with Crippen LogP contribution in [0.2, 0.25) is 0 Å². The first-order chi connectivity index (χ1) is 9.50. The Morgan fingerprint density at radius 1 is 1.30 bits per heavy atom. The molecule has 0 aliphatic carbocycles. The number of hydrogen-bond donors (Lipinski definition) is 1. The highest BCUT2D eigenvalue weighted by atomic mass is 16.5. The summed E-state index contributed by atoms with van der Waals surface area (Å²) in [6.45, 7) is 6.99. The van der Waals surface area contributed by atoms with Crippen molar-refractivity contribution in [2.45, 2.75) is 27.3 Å². The van der Waals surface area contributed by atoms with E-state index in [1.54, 1.807) is 18.2 Å². The Hall–Kier alpha value is -2.30. The zero-order valence-corrected chi connectivity index (χ0v) is 11.9. The Labute approximate surface area is 117 Å². The number of aromatic nitrogens is 2. The maximum Gasteiger partial charge on any atom is 0.339 e.